The van der Waals surface area contributed by atoms with Crippen molar-refractivity contribution < 1.29 is 4.74 Å². The Morgan fingerprint density at radius 2 is 2.21 bits per heavy atom. The molecule has 1 aromatic rings. The fraction of sp³-hybridized carbons (Fsp3) is 0.647. The van der Waals surface area contributed by atoms with Gasteiger partial charge in [-0.2, -0.15) is 0 Å². The number of methoxy groups -OCH3 is 1. The number of likely N-dealkylation sites (tertiary alicyclic amines) is 1. The van der Waals surface area contributed by atoms with Gasteiger partial charge in [0.05, 0.1) is 7.11 Å². The number of benzene rings is 1. The molecule has 0 N–H and O–H groups in total. The highest BCUT2D eigenvalue weighted by Gasteiger charge is 2.35. The van der Waals surface area contributed by atoms with Crippen LogP contribution in [-0.2, 0) is 5.41 Å². The third-order valence-corrected chi connectivity index (χ3v) is 4.76. The van der Waals surface area contributed by atoms with Crippen LogP contribution in [0.2, 0.25) is 0 Å². The Hall–Kier alpha value is -1.02. The quantitative estimate of drug-likeness (QED) is 0.821. The molecule has 0 spiro atoms. The molecule has 2 fully saturated rings. The molecule has 0 amide bonds. The standard InChI is InChI=1S/C17H25NO/c1-17(15-5-3-6-16(11-15)19-2)9-4-10-18(13-17)12-14-7-8-14/h3,5-6,11,14H,4,7-10,12-13H2,1-2H3/t17-/m1/s1. The summed E-state index contributed by atoms with van der Waals surface area (Å²) in [6, 6.07) is 8.65. The van der Waals surface area contributed by atoms with Gasteiger partial charge in [-0.15, -0.1) is 0 Å². The molecule has 2 aliphatic rings. The molecule has 0 radical (unpaired) electrons. The molecule has 3 rings (SSSR count). The highest BCUT2D eigenvalue weighted by molar-refractivity contribution is 5.34. The predicted molar refractivity (Wildman–Crippen MR) is 78.7 cm³/mol. The van der Waals surface area contributed by atoms with E-state index in [2.05, 4.69) is 30.0 Å². The zero-order valence-electron chi connectivity index (χ0n) is 12.2. The van der Waals surface area contributed by atoms with E-state index in [0.717, 1.165) is 11.7 Å². The summed E-state index contributed by atoms with van der Waals surface area (Å²) in [4.78, 5) is 2.68. The maximum Gasteiger partial charge on any atom is 0.119 e. The first-order valence-electron chi connectivity index (χ1n) is 7.56. The van der Waals surface area contributed by atoms with Gasteiger partial charge in [-0.1, -0.05) is 19.1 Å². The van der Waals surface area contributed by atoms with E-state index in [4.69, 9.17) is 4.74 Å². The monoisotopic (exact) mass is 259 g/mol. The van der Waals surface area contributed by atoms with Crippen LogP contribution >= 0.6 is 0 Å². The average Bonchev–Trinajstić information content (AvgIpc) is 3.23. The van der Waals surface area contributed by atoms with Gasteiger partial charge in [0.15, 0.2) is 0 Å². The van der Waals surface area contributed by atoms with Crippen molar-refractivity contribution in [3.8, 4) is 5.75 Å². The topological polar surface area (TPSA) is 12.5 Å². The number of hydrogen-bond donors (Lipinski definition) is 0. The van der Waals surface area contributed by atoms with Crippen molar-refractivity contribution in [2.75, 3.05) is 26.7 Å². The van der Waals surface area contributed by atoms with Gasteiger partial charge in [0.2, 0.25) is 0 Å². The summed E-state index contributed by atoms with van der Waals surface area (Å²) in [7, 11) is 1.75. The highest BCUT2D eigenvalue weighted by Crippen LogP contribution is 2.37. The van der Waals surface area contributed by atoms with Crippen LogP contribution in [0.3, 0.4) is 0 Å². The van der Waals surface area contributed by atoms with Gasteiger partial charge in [-0.05, 0) is 55.8 Å². The minimum Gasteiger partial charge on any atom is -0.497 e. The maximum absolute atomic E-state index is 5.38. The second-order valence-corrected chi connectivity index (χ2v) is 6.57. The van der Waals surface area contributed by atoms with E-state index in [1.54, 1.807) is 7.11 Å². The normalized spacial score (nSPS) is 28.3. The van der Waals surface area contributed by atoms with Crippen molar-refractivity contribution >= 4 is 0 Å². The Balaban J connectivity index is 1.75. The average molecular weight is 259 g/mol. The second-order valence-electron chi connectivity index (χ2n) is 6.57. The first kappa shape index (κ1) is 13.0. The van der Waals surface area contributed by atoms with E-state index >= 15 is 0 Å². The van der Waals surface area contributed by atoms with Crippen molar-refractivity contribution in [2.24, 2.45) is 5.92 Å². The maximum atomic E-state index is 5.38. The van der Waals surface area contributed by atoms with Crippen LogP contribution in [0.5, 0.6) is 5.75 Å². The largest absolute Gasteiger partial charge is 0.497 e. The van der Waals surface area contributed by atoms with Crippen LogP contribution in [0.4, 0.5) is 0 Å². The zero-order chi connectivity index (χ0) is 13.3. The molecule has 1 saturated carbocycles. The van der Waals surface area contributed by atoms with Gasteiger partial charge in [-0.3, -0.25) is 0 Å². The number of ether oxygens (including phenoxy) is 1. The van der Waals surface area contributed by atoms with Crippen molar-refractivity contribution in [3.05, 3.63) is 29.8 Å². The molecule has 0 bridgehead atoms. The second kappa shape index (κ2) is 5.16. The molecule has 1 aromatic carbocycles. The summed E-state index contributed by atoms with van der Waals surface area (Å²) in [6.07, 6.45) is 5.51. The van der Waals surface area contributed by atoms with E-state index in [1.807, 2.05) is 6.07 Å². The first-order chi connectivity index (χ1) is 9.19. The fourth-order valence-corrected chi connectivity index (χ4v) is 3.40. The third kappa shape index (κ3) is 2.94. The molecule has 104 valence electrons. The van der Waals surface area contributed by atoms with Crippen LogP contribution in [0.1, 0.15) is 38.2 Å². The fourth-order valence-electron chi connectivity index (χ4n) is 3.40. The van der Waals surface area contributed by atoms with E-state index in [9.17, 15) is 0 Å². The Bertz CT molecular complexity index is 441. The van der Waals surface area contributed by atoms with Gasteiger partial charge < -0.3 is 9.64 Å². The Morgan fingerprint density at radius 3 is 2.95 bits per heavy atom. The molecular formula is C17H25NO. The van der Waals surface area contributed by atoms with Gasteiger partial charge in [0.1, 0.15) is 5.75 Å². The molecule has 0 unspecified atom stereocenters. The molecule has 0 aromatic heterocycles. The molecule has 2 heteroatoms. The molecule has 1 atom stereocenters. The Kier molecular flexibility index (Phi) is 3.53. The molecule has 1 aliphatic heterocycles. The van der Waals surface area contributed by atoms with Gasteiger partial charge in [-0.25, -0.2) is 0 Å². The number of nitrogens with zero attached hydrogens (tertiary/aromatic N) is 1. The summed E-state index contributed by atoms with van der Waals surface area (Å²) in [5.41, 5.74) is 1.73. The van der Waals surface area contributed by atoms with Crippen molar-refractivity contribution in [2.45, 2.75) is 38.0 Å². The zero-order valence-corrected chi connectivity index (χ0v) is 12.2. The lowest BCUT2D eigenvalue weighted by atomic mass is 9.76. The van der Waals surface area contributed by atoms with E-state index in [1.165, 1.54) is 50.9 Å². The lowest BCUT2D eigenvalue weighted by molar-refractivity contribution is 0.151. The number of hydrogen-bond acceptors (Lipinski definition) is 2. The predicted octanol–water partition coefficient (Wildman–Crippen LogP) is 3.46. The van der Waals surface area contributed by atoms with Crippen molar-refractivity contribution in [1.82, 2.24) is 4.90 Å². The van der Waals surface area contributed by atoms with Gasteiger partial charge in [0, 0.05) is 18.5 Å². The SMILES string of the molecule is COc1cccc([C@]2(C)CCCN(CC3CC3)C2)c1. The van der Waals surface area contributed by atoms with E-state index in [-0.39, 0.29) is 0 Å². The lowest BCUT2D eigenvalue weighted by Gasteiger charge is -2.41. The number of rotatable bonds is 4. The van der Waals surface area contributed by atoms with Crippen LogP contribution in [0, 0.1) is 5.92 Å². The number of piperidine rings is 1. The Morgan fingerprint density at radius 1 is 1.37 bits per heavy atom. The van der Waals surface area contributed by atoms with E-state index < -0.39 is 0 Å². The van der Waals surface area contributed by atoms with Gasteiger partial charge >= 0.3 is 0 Å². The smallest absolute Gasteiger partial charge is 0.119 e. The summed E-state index contributed by atoms with van der Waals surface area (Å²) in [5.74, 6) is 1.98. The van der Waals surface area contributed by atoms with E-state index in [0.29, 0.717) is 5.41 Å². The minimum atomic E-state index is 0.293. The summed E-state index contributed by atoms with van der Waals surface area (Å²) < 4.78 is 5.38. The lowest BCUT2D eigenvalue weighted by Crippen LogP contribution is -2.45. The Labute approximate surface area is 116 Å². The molecule has 1 saturated heterocycles. The minimum absolute atomic E-state index is 0.293. The van der Waals surface area contributed by atoms with Crippen LogP contribution in [-0.4, -0.2) is 31.6 Å². The third-order valence-electron chi connectivity index (χ3n) is 4.76. The summed E-state index contributed by atoms with van der Waals surface area (Å²) >= 11 is 0. The van der Waals surface area contributed by atoms with Crippen molar-refractivity contribution in [3.63, 3.8) is 0 Å². The molecule has 1 aliphatic carbocycles. The van der Waals surface area contributed by atoms with Crippen LogP contribution in [0.15, 0.2) is 24.3 Å². The molecule has 1 heterocycles. The molecule has 2 nitrogen and oxygen atoms in total. The molecule has 19 heavy (non-hydrogen) atoms. The summed E-state index contributed by atoms with van der Waals surface area (Å²) in [5, 5.41) is 0. The highest BCUT2D eigenvalue weighted by atomic mass is 16.5. The summed E-state index contributed by atoms with van der Waals surface area (Å²) in [6.45, 7) is 6.23. The van der Waals surface area contributed by atoms with Crippen LogP contribution < -0.4 is 4.74 Å². The first-order valence-corrected chi connectivity index (χ1v) is 7.56. The van der Waals surface area contributed by atoms with Crippen molar-refractivity contribution in [1.29, 1.82) is 0 Å². The molecular weight excluding hydrogens is 234 g/mol. The van der Waals surface area contributed by atoms with Gasteiger partial charge in [0.25, 0.3) is 0 Å². The van der Waals surface area contributed by atoms with Crippen LogP contribution in [0.25, 0.3) is 0 Å².